The Morgan fingerprint density at radius 1 is 1.52 bits per heavy atom. The fourth-order valence-electron chi connectivity index (χ4n) is 2.57. The van der Waals surface area contributed by atoms with Crippen LogP contribution in [0.2, 0.25) is 0 Å². The van der Waals surface area contributed by atoms with Gasteiger partial charge in [0, 0.05) is 25.3 Å². The summed E-state index contributed by atoms with van der Waals surface area (Å²) in [6, 6.07) is 1.53. The molecule has 2 heterocycles. The normalized spacial score (nSPS) is 18.4. The second-order valence-electron chi connectivity index (χ2n) is 6.55. The van der Waals surface area contributed by atoms with Gasteiger partial charge in [-0.3, -0.25) is 15.1 Å². The number of hydrogen-bond acceptors (Lipinski definition) is 6. The van der Waals surface area contributed by atoms with Crippen molar-refractivity contribution in [2.45, 2.75) is 45.3 Å². The van der Waals surface area contributed by atoms with Crippen molar-refractivity contribution in [1.29, 1.82) is 0 Å². The molecule has 1 aliphatic rings. The molecule has 0 saturated carbocycles. The Balaban J connectivity index is 2.04. The van der Waals surface area contributed by atoms with Gasteiger partial charge in [-0.15, -0.1) is 0 Å². The van der Waals surface area contributed by atoms with Crippen LogP contribution in [-0.4, -0.2) is 40.7 Å². The first kappa shape index (κ1) is 17.0. The smallest absolute Gasteiger partial charge is 0.407 e. The van der Waals surface area contributed by atoms with Gasteiger partial charge in [0.15, 0.2) is 0 Å². The zero-order chi connectivity index (χ0) is 17.0. The first-order valence-corrected chi connectivity index (χ1v) is 7.59. The van der Waals surface area contributed by atoms with Crippen LogP contribution in [0.25, 0.3) is 0 Å². The molecule has 1 aromatic rings. The average Bonchev–Trinajstić information content (AvgIpc) is 2.45. The van der Waals surface area contributed by atoms with Crippen LogP contribution in [0.1, 0.15) is 33.6 Å². The van der Waals surface area contributed by atoms with Crippen molar-refractivity contribution < 1.29 is 14.5 Å². The van der Waals surface area contributed by atoms with E-state index in [1.165, 1.54) is 12.4 Å². The Hall–Kier alpha value is -2.38. The summed E-state index contributed by atoms with van der Waals surface area (Å²) in [5, 5.41) is 14.0. The molecule has 8 nitrogen and oxygen atoms in total. The highest BCUT2D eigenvalue weighted by Gasteiger charge is 2.27. The Morgan fingerprint density at radius 2 is 2.26 bits per heavy atom. The Labute approximate surface area is 135 Å². The number of aromatic nitrogens is 1. The lowest BCUT2D eigenvalue weighted by Gasteiger charge is -2.34. The SMILES string of the molecule is CC(C)(C)OC(=O)NC1CCCN(c2ccncc2[N+](=O)[O-])C1. The zero-order valence-corrected chi connectivity index (χ0v) is 13.6. The summed E-state index contributed by atoms with van der Waals surface area (Å²) in [6.07, 6.45) is 3.97. The molecule has 1 N–H and O–H groups in total. The monoisotopic (exact) mass is 322 g/mol. The van der Waals surface area contributed by atoms with E-state index >= 15 is 0 Å². The van der Waals surface area contributed by atoms with Crippen LogP contribution < -0.4 is 10.2 Å². The van der Waals surface area contributed by atoms with Gasteiger partial charge in [0.05, 0.1) is 4.92 Å². The third-order valence-electron chi connectivity index (χ3n) is 3.46. The summed E-state index contributed by atoms with van der Waals surface area (Å²) in [5.41, 5.74) is -0.0476. The lowest BCUT2D eigenvalue weighted by atomic mass is 10.0. The lowest BCUT2D eigenvalue weighted by Crippen LogP contribution is -2.49. The molecule has 1 saturated heterocycles. The number of anilines is 1. The number of hydrogen-bond donors (Lipinski definition) is 1. The fraction of sp³-hybridized carbons (Fsp3) is 0.600. The van der Waals surface area contributed by atoms with Crippen LogP contribution in [0.15, 0.2) is 18.5 Å². The lowest BCUT2D eigenvalue weighted by molar-refractivity contribution is -0.384. The third-order valence-corrected chi connectivity index (χ3v) is 3.46. The summed E-state index contributed by atoms with van der Waals surface area (Å²) in [7, 11) is 0. The molecule has 2 rings (SSSR count). The number of ether oxygens (including phenoxy) is 1. The topological polar surface area (TPSA) is 97.6 Å². The minimum Gasteiger partial charge on any atom is -0.444 e. The van der Waals surface area contributed by atoms with E-state index in [0.29, 0.717) is 18.8 Å². The average molecular weight is 322 g/mol. The van der Waals surface area contributed by atoms with E-state index in [1.54, 1.807) is 26.8 Å². The first-order chi connectivity index (χ1) is 10.8. The molecule has 126 valence electrons. The first-order valence-electron chi connectivity index (χ1n) is 7.59. The molecule has 23 heavy (non-hydrogen) atoms. The number of rotatable bonds is 3. The van der Waals surface area contributed by atoms with E-state index in [-0.39, 0.29) is 11.7 Å². The van der Waals surface area contributed by atoms with Crippen molar-refractivity contribution in [3.05, 3.63) is 28.6 Å². The summed E-state index contributed by atoms with van der Waals surface area (Å²) < 4.78 is 5.26. The fourth-order valence-corrected chi connectivity index (χ4v) is 2.57. The van der Waals surface area contributed by atoms with E-state index in [9.17, 15) is 14.9 Å². The summed E-state index contributed by atoms with van der Waals surface area (Å²) >= 11 is 0. The molecule has 0 radical (unpaired) electrons. The molecule has 1 amide bonds. The number of carbonyl (C=O) groups excluding carboxylic acids is 1. The number of piperidine rings is 1. The molecule has 0 spiro atoms. The Kier molecular flexibility index (Phi) is 5.02. The molecular formula is C15H22N4O4. The minimum atomic E-state index is -0.553. The highest BCUT2D eigenvalue weighted by atomic mass is 16.6. The van der Waals surface area contributed by atoms with Crippen molar-refractivity contribution in [2.75, 3.05) is 18.0 Å². The number of pyridine rings is 1. The highest BCUT2D eigenvalue weighted by Crippen LogP contribution is 2.29. The van der Waals surface area contributed by atoms with Crippen molar-refractivity contribution in [3.8, 4) is 0 Å². The van der Waals surface area contributed by atoms with Gasteiger partial charge in [-0.2, -0.15) is 0 Å². The number of nitrogens with one attached hydrogen (secondary N) is 1. The van der Waals surface area contributed by atoms with Crippen molar-refractivity contribution in [3.63, 3.8) is 0 Å². The van der Waals surface area contributed by atoms with Gasteiger partial charge in [-0.1, -0.05) is 0 Å². The predicted octanol–water partition coefficient (Wildman–Crippen LogP) is 2.48. The molecule has 1 unspecified atom stereocenters. The van der Waals surface area contributed by atoms with Crippen molar-refractivity contribution in [2.24, 2.45) is 0 Å². The minimum absolute atomic E-state index is 0.0228. The van der Waals surface area contributed by atoms with E-state index < -0.39 is 16.6 Å². The molecule has 1 aromatic heterocycles. The molecule has 8 heteroatoms. The Morgan fingerprint density at radius 3 is 2.91 bits per heavy atom. The molecule has 1 atom stereocenters. The standard InChI is InChI=1S/C15H22N4O4/c1-15(2,3)23-14(20)17-11-5-4-8-18(10-11)12-6-7-16-9-13(12)19(21)22/h6-7,9,11H,4-5,8,10H2,1-3H3,(H,17,20). The highest BCUT2D eigenvalue weighted by molar-refractivity contribution is 5.68. The number of nitrogens with zero attached hydrogens (tertiary/aromatic N) is 3. The van der Waals surface area contributed by atoms with Gasteiger partial charge >= 0.3 is 11.8 Å². The molecule has 0 aliphatic carbocycles. The van der Waals surface area contributed by atoms with Crippen LogP contribution >= 0.6 is 0 Å². The summed E-state index contributed by atoms with van der Waals surface area (Å²) in [4.78, 5) is 28.3. The van der Waals surface area contributed by atoms with Gasteiger partial charge in [0.2, 0.25) is 0 Å². The second-order valence-corrected chi connectivity index (χ2v) is 6.55. The van der Waals surface area contributed by atoms with Gasteiger partial charge in [-0.05, 0) is 39.7 Å². The van der Waals surface area contributed by atoms with Gasteiger partial charge < -0.3 is 15.0 Å². The van der Waals surface area contributed by atoms with Crippen LogP contribution in [-0.2, 0) is 4.74 Å². The van der Waals surface area contributed by atoms with Crippen LogP contribution in [0.3, 0.4) is 0 Å². The molecular weight excluding hydrogens is 300 g/mol. The molecule has 1 fully saturated rings. The van der Waals surface area contributed by atoms with Crippen LogP contribution in [0.4, 0.5) is 16.2 Å². The number of amides is 1. The quantitative estimate of drug-likeness (QED) is 0.678. The maximum Gasteiger partial charge on any atom is 0.407 e. The van der Waals surface area contributed by atoms with Gasteiger partial charge in [0.25, 0.3) is 0 Å². The largest absolute Gasteiger partial charge is 0.444 e. The van der Waals surface area contributed by atoms with Gasteiger partial charge in [-0.25, -0.2) is 4.79 Å². The maximum absolute atomic E-state index is 11.9. The number of alkyl carbamates (subject to hydrolysis) is 1. The van der Waals surface area contributed by atoms with E-state index in [1.807, 2.05) is 4.90 Å². The summed E-state index contributed by atoms with van der Waals surface area (Å²) in [6.45, 7) is 6.63. The predicted molar refractivity (Wildman–Crippen MR) is 85.5 cm³/mol. The molecule has 0 aromatic carbocycles. The van der Waals surface area contributed by atoms with Crippen molar-refractivity contribution in [1.82, 2.24) is 10.3 Å². The third kappa shape index (κ3) is 4.80. The van der Waals surface area contributed by atoms with E-state index in [4.69, 9.17) is 4.74 Å². The zero-order valence-electron chi connectivity index (χ0n) is 13.6. The van der Waals surface area contributed by atoms with Crippen LogP contribution in [0.5, 0.6) is 0 Å². The van der Waals surface area contributed by atoms with E-state index in [2.05, 4.69) is 10.3 Å². The van der Waals surface area contributed by atoms with Gasteiger partial charge in [0.1, 0.15) is 17.5 Å². The summed E-state index contributed by atoms with van der Waals surface area (Å²) in [5.74, 6) is 0. The van der Waals surface area contributed by atoms with Crippen molar-refractivity contribution >= 4 is 17.5 Å². The molecule has 0 bridgehead atoms. The van der Waals surface area contributed by atoms with E-state index in [0.717, 1.165) is 12.8 Å². The Bertz CT molecular complexity index is 585. The van der Waals surface area contributed by atoms with Crippen LogP contribution in [0, 0.1) is 10.1 Å². The second kappa shape index (κ2) is 6.80. The number of carbonyl (C=O) groups is 1. The molecule has 1 aliphatic heterocycles. The maximum atomic E-state index is 11.9. The number of nitro groups is 1.